The zero-order valence-electron chi connectivity index (χ0n) is 13.6. The molecule has 0 fully saturated rings. The molecule has 0 aliphatic rings. The zero-order valence-corrected chi connectivity index (χ0v) is 13.6. The lowest BCUT2D eigenvalue weighted by Gasteiger charge is -2.13. The minimum absolute atomic E-state index is 0.612. The number of hydrogen-bond donors (Lipinski definition) is 1. The van der Waals surface area contributed by atoms with Gasteiger partial charge in [-0.2, -0.15) is 5.26 Å². The minimum Gasteiger partial charge on any atom is -0.380 e. The van der Waals surface area contributed by atoms with E-state index in [0.29, 0.717) is 5.56 Å². The number of fused-ring (bicyclic) bond motifs is 1. The monoisotopic (exact) mass is 301 g/mol. The maximum absolute atomic E-state index is 9.28. The average Bonchev–Trinajstić information content (AvgIpc) is 2.53. The van der Waals surface area contributed by atoms with Crippen molar-refractivity contribution in [3.05, 3.63) is 70.4 Å². The smallest absolute Gasteiger partial charge is 0.101 e. The van der Waals surface area contributed by atoms with Crippen LogP contribution < -0.4 is 5.32 Å². The third kappa shape index (κ3) is 3.02. The Hall–Kier alpha value is -2.86. The highest BCUT2D eigenvalue weighted by Gasteiger charge is 2.08. The van der Waals surface area contributed by atoms with Crippen LogP contribution >= 0.6 is 0 Å². The number of anilines is 1. The van der Waals surface area contributed by atoms with Gasteiger partial charge in [0.15, 0.2) is 0 Å². The molecule has 0 atom stereocenters. The lowest BCUT2D eigenvalue weighted by atomic mass is 10.0. The third-order valence-electron chi connectivity index (χ3n) is 4.06. The van der Waals surface area contributed by atoms with Crippen LogP contribution in [-0.4, -0.2) is 4.98 Å². The number of para-hydroxylation sites is 1. The number of pyridine rings is 1. The molecule has 0 aliphatic heterocycles. The molecule has 0 bridgehead atoms. The summed E-state index contributed by atoms with van der Waals surface area (Å²) in [5.74, 6) is 0. The molecule has 3 heteroatoms. The molecule has 2 aromatic carbocycles. The van der Waals surface area contributed by atoms with E-state index in [1.165, 1.54) is 16.7 Å². The SMILES string of the molecule is Cc1ccc(CNc2cc(C)nc3c(C#N)cccc23)c(C)c1. The molecule has 114 valence electrons. The number of rotatable bonds is 3. The molecule has 0 unspecified atom stereocenters. The molecule has 0 radical (unpaired) electrons. The summed E-state index contributed by atoms with van der Waals surface area (Å²) in [6.07, 6.45) is 0. The fourth-order valence-corrected chi connectivity index (χ4v) is 2.85. The summed E-state index contributed by atoms with van der Waals surface area (Å²) in [4.78, 5) is 4.53. The Morgan fingerprint density at radius 2 is 1.91 bits per heavy atom. The van der Waals surface area contributed by atoms with Crippen LogP contribution in [-0.2, 0) is 6.54 Å². The van der Waals surface area contributed by atoms with Gasteiger partial charge in [0.05, 0.1) is 11.1 Å². The molecule has 0 saturated heterocycles. The summed E-state index contributed by atoms with van der Waals surface area (Å²) in [5, 5.41) is 13.8. The van der Waals surface area contributed by atoms with Crippen LogP contribution in [0.3, 0.4) is 0 Å². The Balaban J connectivity index is 1.98. The van der Waals surface area contributed by atoms with E-state index >= 15 is 0 Å². The minimum atomic E-state index is 0.612. The van der Waals surface area contributed by atoms with Gasteiger partial charge >= 0.3 is 0 Å². The second-order valence-electron chi connectivity index (χ2n) is 5.91. The van der Waals surface area contributed by atoms with Crippen LogP contribution in [0.2, 0.25) is 0 Å². The number of aromatic nitrogens is 1. The molecule has 23 heavy (non-hydrogen) atoms. The van der Waals surface area contributed by atoms with E-state index < -0.39 is 0 Å². The molecule has 1 N–H and O–H groups in total. The molecule has 0 aliphatic carbocycles. The quantitative estimate of drug-likeness (QED) is 0.766. The van der Waals surface area contributed by atoms with E-state index in [0.717, 1.165) is 28.8 Å². The van der Waals surface area contributed by atoms with Gasteiger partial charge in [-0.05, 0) is 44.0 Å². The van der Waals surface area contributed by atoms with Crippen molar-refractivity contribution in [2.75, 3.05) is 5.32 Å². The van der Waals surface area contributed by atoms with Crippen LogP contribution in [0.4, 0.5) is 5.69 Å². The maximum Gasteiger partial charge on any atom is 0.101 e. The largest absolute Gasteiger partial charge is 0.380 e. The fraction of sp³-hybridized carbons (Fsp3) is 0.200. The highest BCUT2D eigenvalue weighted by Crippen LogP contribution is 2.26. The molecular weight excluding hydrogens is 282 g/mol. The molecule has 3 nitrogen and oxygen atoms in total. The number of nitriles is 1. The first-order valence-electron chi connectivity index (χ1n) is 7.69. The van der Waals surface area contributed by atoms with Crippen molar-refractivity contribution in [2.24, 2.45) is 0 Å². The van der Waals surface area contributed by atoms with Crippen molar-refractivity contribution in [1.29, 1.82) is 5.26 Å². The standard InChI is InChI=1S/C20H19N3/c1-13-7-8-17(14(2)9-13)12-22-19-10-15(3)23-20-16(11-21)5-4-6-18(19)20/h4-10H,12H2,1-3H3,(H,22,23). The fourth-order valence-electron chi connectivity index (χ4n) is 2.85. The van der Waals surface area contributed by atoms with E-state index in [9.17, 15) is 5.26 Å². The second kappa shape index (κ2) is 6.10. The van der Waals surface area contributed by atoms with Crippen molar-refractivity contribution in [3.63, 3.8) is 0 Å². The molecule has 0 amide bonds. The van der Waals surface area contributed by atoms with Crippen LogP contribution in [0.1, 0.15) is 27.9 Å². The van der Waals surface area contributed by atoms with Gasteiger partial charge in [-0.3, -0.25) is 4.98 Å². The van der Waals surface area contributed by atoms with Crippen molar-refractivity contribution in [1.82, 2.24) is 4.98 Å². The van der Waals surface area contributed by atoms with Crippen LogP contribution in [0, 0.1) is 32.1 Å². The van der Waals surface area contributed by atoms with Gasteiger partial charge in [0, 0.05) is 23.3 Å². The zero-order chi connectivity index (χ0) is 16.4. The van der Waals surface area contributed by atoms with Gasteiger partial charge in [-0.1, -0.05) is 35.9 Å². The van der Waals surface area contributed by atoms with Gasteiger partial charge in [0.2, 0.25) is 0 Å². The first kappa shape index (κ1) is 15.1. The average molecular weight is 301 g/mol. The topological polar surface area (TPSA) is 48.7 Å². The van der Waals surface area contributed by atoms with Crippen molar-refractivity contribution in [2.45, 2.75) is 27.3 Å². The predicted molar refractivity (Wildman–Crippen MR) is 94.4 cm³/mol. The number of nitrogens with one attached hydrogen (secondary N) is 1. The van der Waals surface area contributed by atoms with E-state index in [2.05, 4.69) is 48.4 Å². The Kier molecular flexibility index (Phi) is 3.99. The number of nitrogens with zero attached hydrogens (tertiary/aromatic N) is 2. The summed E-state index contributed by atoms with van der Waals surface area (Å²) < 4.78 is 0. The Morgan fingerprint density at radius 1 is 1.09 bits per heavy atom. The first-order chi connectivity index (χ1) is 11.1. The summed E-state index contributed by atoms with van der Waals surface area (Å²) in [7, 11) is 0. The Labute approximate surface area is 136 Å². The van der Waals surface area contributed by atoms with Gasteiger partial charge in [0.25, 0.3) is 0 Å². The summed E-state index contributed by atoms with van der Waals surface area (Å²) >= 11 is 0. The van der Waals surface area contributed by atoms with Gasteiger partial charge in [-0.15, -0.1) is 0 Å². The summed E-state index contributed by atoms with van der Waals surface area (Å²) in [6, 6.07) is 16.5. The number of hydrogen-bond acceptors (Lipinski definition) is 3. The molecule has 3 aromatic rings. The number of aryl methyl sites for hydroxylation is 3. The highest BCUT2D eigenvalue weighted by atomic mass is 14.9. The van der Waals surface area contributed by atoms with Crippen LogP contribution in [0.25, 0.3) is 10.9 Å². The van der Waals surface area contributed by atoms with E-state index in [-0.39, 0.29) is 0 Å². The normalized spacial score (nSPS) is 10.5. The van der Waals surface area contributed by atoms with E-state index in [1.54, 1.807) is 0 Å². The maximum atomic E-state index is 9.28. The van der Waals surface area contributed by atoms with Crippen molar-refractivity contribution >= 4 is 16.6 Å². The Morgan fingerprint density at radius 3 is 2.65 bits per heavy atom. The van der Waals surface area contributed by atoms with Gasteiger partial charge in [0.1, 0.15) is 6.07 Å². The molecule has 3 rings (SSSR count). The number of benzene rings is 2. The lowest BCUT2D eigenvalue weighted by Crippen LogP contribution is -2.03. The van der Waals surface area contributed by atoms with E-state index in [4.69, 9.17) is 0 Å². The predicted octanol–water partition coefficient (Wildman–Crippen LogP) is 4.64. The van der Waals surface area contributed by atoms with Crippen molar-refractivity contribution < 1.29 is 0 Å². The molecular formula is C20H19N3. The highest BCUT2D eigenvalue weighted by molar-refractivity contribution is 5.94. The van der Waals surface area contributed by atoms with Gasteiger partial charge < -0.3 is 5.32 Å². The van der Waals surface area contributed by atoms with Crippen LogP contribution in [0.5, 0.6) is 0 Å². The van der Waals surface area contributed by atoms with Crippen LogP contribution in [0.15, 0.2) is 42.5 Å². The molecule has 1 heterocycles. The second-order valence-corrected chi connectivity index (χ2v) is 5.91. The molecule has 0 saturated carbocycles. The molecule has 0 spiro atoms. The van der Waals surface area contributed by atoms with Crippen molar-refractivity contribution in [3.8, 4) is 6.07 Å². The molecule has 1 aromatic heterocycles. The third-order valence-corrected chi connectivity index (χ3v) is 4.06. The summed E-state index contributed by atoms with van der Waals surface area (Å²) in [5.41, 5.74) is 7.13. The Bertz CT molecular complexity index is 920. The first-order valence-corrected chi connectivity index (χ1v) is 7.69. The lowest BCUT2D eigenvalue weighted by molar-refractivity contribution is 1.11. The van der Waals surface area contributed by atoms with Gasteiger partial charge in [-0.25, -0.2) is 0 Å². The summed E-state index contributed by atoms with van der Waals surface area (Å²) in [6.45, 7) is 6.94. The van der Waals surface area contributed by atoms with E-state index in [1.807, 2.05) is 31.2 Å².